The number of rotatable bonds is 5. The molecule has 1 aliphatic rings. The molecule has 1 aromatic carbocycles. The summed E-state index contributed by atoms with van der Waals surface area (Å²) < 4.78 is 51.5. The number of piperazine rings is 1. The standard InChI is InChI=1S/C24H21F3N6O6/c1-13(34)22(36)31-6-8-32(9-7-31)23(37)15-3-2-14(10-18(15)35)39-21-20-29-11-17(33(20)5-4-28-21)16-12-38-30-19(16)24(25,26)27/h2-5,10-13,34-35H,6-9H2,1H3/t13-/m0/s1. The normalized spacial score (nSPS) is 15.0. The second-order valence-electron chi connectivity index (χ2n) is 8.72. The van der Waals surface area contributed by atoms with Crippen molar-refractivity contribution in [3.8, 4) is 28.6 Å². The molecule has 0 radical (unpaired) electrons. The first-order valence-corrected chi connectivity index (χ1v) is 11.7. The molecule has 0 unspecified atom stereocenters. The van der Waals surface area contributed by atoms with Crippen molar-refractivity contribution in [3.63, 3.8) is 0 Å². The molecule has 5 rings (SSSR count). The molecule has 4 aromatic rings. The number of halogens is 3. The van der Waals surface area contributed by atoms with Crippen LogP contribution in [0.25, 0.3) is 16.9 Å². The molecule has 39 heavy (non-hydrogen) atoms. The third-order valence-electron chi connectivity index (χ3n) is 6.16. The number of aliphatic hydroxyl groups excluding tert-OH is 1. The first kappa shape index (κ1) is 26.0. The molecule has 0 saturated carbocycles. The van der Waals surface area contributed by atoms with Gasteiger partial charge in [-0.15, -0.1) is 0 Å². The topological polar surface area (TPSA) is 147 Å². The van der Waals surface area contributed by atoms with Crippen LogP contribution in [0.4, 0.5) is 13.2 Å². The number of aromatic hydroxyl groups is 1. The van der Waals surface area contributed by atoms with Gasteiger partial charge in [0, 0.05) is 44.6 Å². The van der Waals surface area contributed by atoms with E-state index >= 15 is 0 Å². The first-order chi connectivity index (χ1) is 18.5. The van der Waals surface area contributed by atoms with E-state index in [4.69, 9.17) is 4.74 Å². The maximum atomic E-state index is 13.3. The SMILES string of the molecule is C[C@H](O)C(=O)N1CCN(C(=O)c2ccc(Oc3nccn4c(-c5conc5C(F)(F)F)cnc34)cc2O)CC1. The second kappa shape index (κ2) is 9.90. The highest BCUT2D eigenvalue weighted by atomic mass is 19.4. The number of alkyl halides is 3. The lowest BCUT2D eigenvalue weighted by Crippen LogP contribution is -2.52. The average molecular weight is 546 g/mol. The van der Waals surface area contributed by atoms with E-state index in [1.807, 2.05) is 0 Å². The zero-order valence-corrected chi connectivity index (χ0v) is 20.3. The summed E-state index contributed by atoms with van der Waals surface area (Å²) >= 11 is 0. The summed E-state index contributed by atoms with van der Waals surface area (Å²) in [6.07, 6.45) is -1.11. The van der Waals surface area contributed by atoms with Crippen molar-refractivity contribution in [2.24, 2.45) is 0 Å². The smallest absolute Gasteiger partial charge is 0.437 e. The summed E-state index contributed by atoms with van der Waals surface area (Å²) in [6.45, 7) is 2.33. The van der Waals surface area contributed by atoms with Gasteiger partial charge in [-0.3, -0.25) is 14.0 Å². The third kappa shape index (κ3) is 4.95. The average Bonchev–Trinajstić information content (AvgIpc) is 3.56. The number of carbonyl (C=O) groups excluding carboxylic acids is 2. The summed E-state index contributed by atoms with van der Waals surface area (Å²) in [4.78, 5) is 36.0. The Morgan fingerprint density at radius 2 is 1.85 bits per heavy atom. The van der Waals surface area contributed by atoms with Crippen molar-refractivity contribution in [2.75, 3.05) is 26.2 Å². The highest BCUT2D eigenvalue weighted by Gasteiger charge is 2.38. The molecule has 12 nitrogen and oxygen atoms in total. The number of nitrogens with zero attached hydrogens (tertiary/aromatic N) is 6. The Morgan fingerprint density at radius 1 is 1.13 bits per heavy atom. The molecule has 15 heteroatoms. The number of phenols is 1. The zero-order valence-electron chi connectivity index (χ0n) is 20.3. The number of hydrogen-bond donors (Lipinski definition) is 2. The summed E-state index contributed by atoms with van der Waals surface area (Å²) in [5.41, 5.74) is -1.37. The van der Waals surface area contributed by atoms with Gasteiger partial charge in [-0.1, -0.05) is 5.16 Å². The number of hydrogen-bond acceptors (Lipinski definition) is 9. The van der Waals surface area contributed by atoms with Crippen LogP contribution in [0.1, 0.15) is 23.0 Å². The number of phenolic OH excluding ortho intramolecular Hbond substituents is 1. The molecule has 0 bridgehead atoms. The molecule has 0 spiro atoms. The molecular formula is C24H21F3N6O6. The van der Waals surface area contributed by atoms with Crippen LogP contribution in [0, 0.1) is 0 Å². The molecule has 0 aliphatic carbocycles. The molecular weight excluding hydrogens is 525 g/mol. The second-order valence-corrected chi connectivity index (χ2v) is 8.72. The molecule has 204 valence electrons. The highest BCUT2D eigenvalue weighted by Crippen LogP contribution is 2.37. The van der Waals surface area contributed by atoms with Gasteiger partial charge in [0.1, 0.15) is 23.9 Å². The number of carbonyl (C=O) groups is 2. The van der Waals surface area contributed by atoms with Crippen LogP contribution < -0.4 is 4.74 Å². The lowest BCUT2D eigenvalue weighted by atomic mass is 10.1. The van der Waals surface area contributed by atoms with E-state index in [0.717, 1.165) is 6.26 Å². The van der Waals surface area contributed by atoms with E-state index in [1.165, 1.54) is 57.9 Å². The van der Waals surface area contributed by atoms with Gasteiger partial charge in [-0.25, -0.2) is 9.97 Å². The Hall–Kier alpha value is -4.66. The van der Waals surface area contributed by atoms with Gasteiger partial charge in [0.25, 0.3) is 17.7 Å². The summed E-state index contributed by atoms with van der Waals surface area (Å²) in [6, 6.07) is 4.00. The number of aromatic nitrogens is 4. The minimum atomic E-state index is -4.74. The molecule has 4 heterocycles. The van der Waals surface area contributed by atoms with Crippen molar-refractivity contribution in [1.29, 1.82) is 0 Å². The summed E-state index contributed by atoms with van der Waals surface area (Å²) in [7, 11) is 0. The van der Waals surface area contributed by atoms with Crippen molar-refractivity contribution >= 4 is 17.5 Å². The van der Waals surface area contributed by atoms with Crippen molar-refractivity contribution < 1.29 is 42.2 Å². The van der Waals surface area contributed by atoms with E-state index in [9.17, 15) is 33.0 Å². The Morgan fingerprint density at radius 3 is 2.51 bits per heavy atom. The van der Waals surface area contributed by atoms with Crippen LogP contribution in [0.3, 0.4) is 0 Å². The number of ether oxygens (including phenoxy) is 1. The van der Waals surface area contributed by atoms with Gasteiger partial charge in [0.15, 0.2) is 5.69 Å². The van der Waals surface area contributed by atoms with E-state index in [0.29, 0.717) is 0 Å². The number of aliphatic hydroxyl groups is 1. The highest BCUT2D eigenvalue weighted by molar-refractivity contribution is 5.97. The Kier molecular flexibility index (Phi) is 6.59. The molecule has 3 aromatic heterocycles. The van der Waals surface area contributed by atoms with Gasteiger partial charge in [-0.2, -0.15) is 13.2 Å². The fourth-order valence-corrected chi connectivity index (χ4v) is 4.22. The van der Waals surface area contributed by atoms with Gasteiger partial charge in [0.2, 0.25) is 5.65 Å². The van der Waals surface area contributed by atoms with Gasteiger partial charge >= 0.3 is 6.18 Å². The van der Waals surface area contributed by atoms with Crippen LogP contribution >= 0.6 is 0 Å². The third-order valence-corrected chi connectivity index (χ3v) is 6.16. The maximum Gasteiger partial charge on any atom is 0.437 e. The molecule has 1 saturated heterocycles. The molecule has 1 fully saturated rings. The van der Waals surface area contributed by atoms with Crippen LogP contribution in [0.5, 0.6) is 17.4 Å². The largest absolute Gasteiger partial charge is 0.507 e. The maximum absolute atomic E-state index is 13.3. The fraction of sp³-hybridized carbons (Fsp3) is 0.292. The quantitative estimate of drug-likeness (QED) is 0.386. The summed E-state index contributed by atoms with van der Waals surface area (Å²) in [5, 5.41) is 23.1. The Labute approximate surface area is 217 Å². The van der Waals surface area contributed by atoms with Crippen LogP contribution in [0.15, 0.2) is 47.6 Å². The number of imidazole rings is 1. The number of amides is 2. The monoisotopic (exact) mass is 546 g/mol. The van der Waals surface area contributed by atoms with Gasteiger partial charge < -0.3 is 29.3 Å². The number of fused-ring (bicyclic) bond motifs is 1. The van der Waals surface area contributed by atoms with E-state index in [1.54, 1.807) is 0 Å². The van der Waals surface area contributed by atoms with E-state index in [2.05, 4.69) is 19.6 Å². The minimum Gasteiger partial charge on any atom is -0.507 e. The predicted molar refractivity (Wildman–Crippen MR) is 126 cm³/mol. The number of benzene rings is 1. The van der Waals surface area contributed by atoms with Crippen LogP contribution in [-0.2, 0) is 11.0 Å². The van der Waals surface area contributed by atoms with E-state index in [-0.39, 0.29) is 66.0 Å². The molecule has 2 amide bonds. The zero-order chi connectivity index (χ0) is 27.9. The molecule has 1 atom stereocenters. The van der Waals surface area contributed by atoms with Crippen molar-refractivity contribution in [3.05, 3.63) is 54.3 Å². The van der Waals surface area contributed by atoms with Crippen molar-refractivity contribution in [2.45, 2.75) is 19.2 Å². The lowest BCUT2D eigenvalue weighted by molar-refractivity contribution is -0.142. The van der Waals surface area contributed by atoms with Crippen LogP contribution in [0.2, 0.25) is 0 Å². The van der Waals surface area contributed by atoms with Gasteiger partial charge in [-0.05, 0) is 19.1 Å². The fourth-order valence-electron chi connectivity index (χ4n) is 4.22. The van der Waals surface area contributed by atoms with E-state index < -0.39 is 29.8 Å². The Balaban J connectivity index is 1.34. The summed E-state index contributed by atoms with van der Waals surface area (Å²) in [5.74, 6) is -1.19. The molecule has 2 N–H and O–H groups in total. The first-order valence-electron chi connectivity index (χ1n) is 11.7. The Bertz CT molecular complexity index is 1540. The molecule has 1 aliphatic heterocycles. The minimum absolute atomic E-state index is 0.0130. The van der Waals surface area contributed by atoms with Crippen molar-refractivity contribution in [1.82, 2.24) is 29.3 Å². The van der Waals surface area contributed by atoms with Gasteiger partial charge in [0.05, 0.1) is 23.0 Å². The lowest BCUT2D eigenvalue weighted by Gasteiger charge is -2.35. The van der Waals surface area contributed by atoms with Crippen LogP contribution in [-0.4, -0.2) is 83.6 Å². The predicted octanol–water partition coefficient (Wildman–Crippen LogP) is 2.57.